The highest BCUT2D eigenvalue weighted by molar-refractivity contribution is 5.80. The maximum Gasteiger partial charge on any atom is 0.231 e. The highest BCUT2D eigenvalue weighted by Crippen LogP contribution is 2.35. The van der Waals surface area contributed by atoms with E-state index in [1.807, 2.05) is 32.0 Å². The van der Waals surface area contributed by atoms with Gasteiger partial charge in [0.25, 0.3) is 0 Å². The summed E-state index contributed by atoms with van der Waals surface area (Å²) < 4.78 is 16.3. The summed E-state index contributed by atoms with van der Waals surface area (Å²) in [5.41, 5.74) is 4.81. The second-order valence-electron chi connectivity index (χ2n) is 7.01. The molecule has 1 aliphatic heterocycles. The van der Waals surface area contributed by atoms with Crippen LogP contribution in [0.5, 0.6) is 11.5 Å². The topological polar surface area (TPSA) is 108 Å². The van der Waals surface area contributed by atoms with Gasteiger partial charge in [-0.2, -0.15) is 0 Å². The minimum Gasteiger partial charge on any atom is -0.454 e. The van der Waals surface area contributed by atoms with Crippen LogP contribution < -0.4 is 14.8 Å². The number of benzene rings is 1. The van der Waals surface area contributed by atoms with E-state index in [1.165, 1.54) is 0 Å². The third kappa shape index (κ3) is 3.65. The molecule has 9 nitrogen and oxygen atoms in total. The first-order valence-corrected chi connectivity index (χ1v) is 9.94. The maximum atomic E-state index is 5.51. The van der Waals surface area contributed by atoms with Crippen LogP contribution in [0.2, 0.25) is 0 Å². The van der Waals surface area contributed by atoms with Crippen LogP contribution in [-0.2, 0) is 13.0 Å². The van der Waals surface area contributed by atoms with Gasteiger partial charge in [-0.15, -0.1) is 0 Å². The van der Waals surface area contributed by atoms with Crippen molar-refractivity contribution < 1.29 is 14.0 Å². The fourth-order valence-electron chi connectivity index (χ4n) is 3.48. The molecule has 4 heterocycles. The molecule has 0 bridgehead atoms. The van der Waals surface area contributed by atoms with Gasteiger partial charge in [0.1, 0.15) is 5.76 Å². The number of aromatic nitrogens is 5. The quantitative estimate of drug-likeness (QED) is 0.502. The molecule has 1 aromatic carbocycles. The molecule has 0 saturated carbocycles. The average Bonchev–Trinajstić information content (AvgIpc) is 3.43. The molecular weight excluding hydrogens is 396 g/mol. The zero-order valence-electron chi connectivity index (χ0n) is 17.1. The zero-order chi connectivity index (χ0) is 21.2. The lowest BCUT2D eigenvalue weighted by Crippen LogP contribution is -2.06. The van der Waals surface area contributed by atoms with E-state index in [2.05, 4.69) is 25.4 Å². The Morgan fingerprint density at radius 2 is 1.97 bits per heavy atom. The fourth-order valence-corrected chi connectivity index (χ4v) is 3.48. The highest BCUT2D eigenvalue weighted by atomic mass is 16.7. The van der Waals surface area contributed by atoms with Crippen molar-refractivity contribution in [1.82, 2.24) is 25.1 Å². The Balaban J connectivity index is 1.50. The van der Waals surface area contributed by atoms with Gasteiger partial charge in [-0.1, -0.05) is 18.1 Å². The van der Waals surface area contributed by atoms with Crippen molar-refractivity contribution in [1.29, 1.82) is 0 Å². The van der Waals surface area contributed by atoms with Crippen molar-refractivity contribution in [3.63, 3.8) is 0 Å². The summed E-state index contributed by atoms with van der Waals surface area (Å²) in [5, 5.41) is 7.42. The van der Waals surface area contributed by atoms with Gasteiger partial charge in [-0.25, -0.2) is 9.97 Å². The summed E-state index contributed by atoms with van der Waals surface area (Å²) in [5.74, 6) is 2.75. The van der Waals surface area contributed by atoms with E-state index in [4.69, 9.17) is 19.0 Å². The van der Waals surface area contributed by atoms with Crippen molar-refractivity contribution >= 4 is 5.95 Å². The third-order valence-electron chi connectivity index (χ3n) is 5.01. The van der Waals surface area contributed by atoms with Crippen LogP contribution in [0.15, 0.2) is 47.5 Å². The molecule has 0 saturated heterocycles. The number of aryl methyl sites for hydroxylation is 2. The van der Waals surface area contributed by atoms with Crippen LogP contribution in [-0.4, -0.2) is 31.9 Å². The number of ether oxygens (including phenoxy) is 2. The van der Waals surface area contributed by atoms with Gasteiger partial charge in [-0.3, -0.25) is 9.97 Å². The summed E-state index contributed by atoms with van der Waals surface area (Å²) in [6, 6.07) is 5.83. The Labute approximate surface area is 178 Å². The Hall–Kier alpha value is -4.01. The van der Waals surface area contributed by atoms with Gasteiger partial charge >= 0.3 is 0 Å². The fraction of sp³-hybridized carbons (Fsp3) is 0.227. The molecule has 3 aromatic heterocycles. The zero-order valence-corrected chi connectivity index (χ0v) is 17.1. The monoisotopic (exact) mass is 416 g/mol. The van der Waals surface area contributed by atoms with Gasteiger partial charge in [-0.05, 0) is 24.6 Å². The molecular formula is C22H20N6O3. The van der Waals surface area contributed by atoms with E-state index >= 15 is 0 Å². The van der Waals surface area contributed by atoms with Crippen LogP contribution >= 0.6 is 0 Å². The van der Waals surface area contributed by atoms with Crippen LogP contribution in [0.25, 0.3) is 22.5 Å². The first-order chi connectivity index (χ1) is 15.2. The predicted octanol–water partition coefficient (Wildman–Crippen LogP) is 3.80. The largest absolute Gasteiger partial charge is 0.454 e. The van der Waals surface area contributed by atoms with E-state index in [9.17, 15) is 0 Å². The molecule has 0 aliphatic carbocycles. The van der Waals surface area contributed by atoms with Crippen LogP contribution in [0.1, 0.15) is 23.9 Å². The lowest BCUT2D eigenvalue weighted by atomic mass is 10.0. The Morgan fingerprint density at radius 1 is 1.06 bits per heavy atom. The maximum absolute atomic E-state index is 5.51. The van der Waals surface area contributed by atoms with Gasteiger partial charge in [0.05, 0.1) is 28.8 Å². The standard InChI is InChI=1S/C22H20N6O3/c1-3-17-20(13(2)28-31-17)21-15(16-11-23-6-7-24-16)10-26-22(27-21)25-9-14-4-5-18-19(8-14)30-12-29-18/h4-8,10-11H,3,9,12H2,1-2H3,(H,25,26,27). The molecule has 1 aliphatic rings. The molecule has 0 fully saturated rings. The minimum atomic E-state index is 0.250. The molecule has 156 valence electrons. The second kappa shape index (κ2) is 8.02. The summed E-state index contributed by atoms with van der Waals surface area (Å²) in [6.07, 6.45) is 7.41. The van der Waals surface area contributed by atoms with E-state index in [0.717, 1.165) is 39.6 Å². The molecule has 0 spiro atoms. The van der Waals surface area contributed by atoms with Crippen molar-refractivity contribution in [3.05, 3.63) is 60.0 Å². The number of nitrogens with one attached hydrogen (secondary N) is 1. The van der Waals surface area contributed by atoms with Gasteiger partial charge < -0.3 is 19.3 Å². The van der Waals surface area contributed by atoms with E-state index in [-0.39, 0.29) is 6.79 Å². The molecule has 9 heteroatoms. The normalized spacial score (nSPS) is 12.2. The molecule has 0 unspecified atom stereocenters. The smallest absolute Gasteiger partial charge is 0.231 e. The van der Waals surface area contributed by atoms with E-state index < -0.39 is 0 Å². The molecule has 0 atom stereocenters. The van der Waals surface area contributed by atoms with Crippen molar-refractivity contribution in [3.8, 4) is 34.0 Å². The number of hydrogen-bond acceptors (Lipinski definition) is 9. The predicted molar refractivity (Wildman–Crippen MR) is 113 cm³/mol. The summed E-state index contributed by atoms with van der Waals surface area (Å²) in [4.78, 5) is 17.9. The minimum absolute atomic E-state index is 0.250. The van der Waals surface area contributed by atoms with Gasteiger partial charge in [0.15, 0.2) is 11.5 Å². The first kappa shape index (κ1) is 19.0. The van der Waals surface area contributed by atoms with Gasteiger partial charge in [0.2, 0.25) is 12.7 Å². The molecule has 0 amide bonds. The van der Waals surface area contributed by atoms with Crippen LogP contribution in [0.4, 0.5) is 5.95 Å². The van der Waals surface area contributed by atoms with Crippen molar-refractivity contribution in [2.24, 2.45) is 0 Å². The molecule has 1 N–H and O–H groups in total. The molecule has 5 rings (SSSR count). The number of hydrogen-bond donors (Lipinski definition) is 1. The third-order valence-corrected chi connectivity index (χ3v) is 5.01. The molecule has 0 radical (unpaired) electrons. The van der Waals surface area contributed by atoms with Crippen molar-refractivity contribution in [2.45, 2.75) is 26.8 Å². The second-order valence-corrected chi connectivity index (χ2v) is 7.01. The average molecular weight is 416 g/mol. The number of anilines is 1. The highest BCUT2D eigenvalue weighted by Gasteiger charge is 2.21. The van der Waals surface area contributed by atoms with Crippen molar-refractivity contribution in [2.75, 3.05) is 12.1 Å². The Bertz CT molecular complexity index is 1230. The number of fused-ring (bicyclic) bond motifs is 1. The summed E-state index contributed by atoms with van der Waals surface area (Å²) >= 11 is 0. The Kier molecular flexibility index (Phi) is 4.91. The molecule has 31 heavy (non-hydrogen) atoms. The van der Waals surface area contributed by atoms with E-state index in [1.54, 1.807) is 24.8 Å². The number of rotatable bonds is 6. The lowest BCUT2D eigenvalue weighted by molar-refractivity contribution is 0.174. The number of nitrogens with zero attached hydrogens (tertiary/aromatic N) is 5. The van der Waals surface area contributed by atoms with Gasteiger partial charge in [0, 0.05) is 37.1 Å². The molecule has 4 aromatic rings. The Morgan fingerprint density at radius 3 is 2.81 bits per heavy atom. The SMILES string of the molecule is CCc1onc(C)c1-c1nc(NCc2ccc3c(c2)OCO3)ncc1-c1cnccn1. The first-order valence-electron chi connectivity index (χ1n) is 9.94. The van der Waals surface area contributed by atoms with Crippen LogP contribution in [0.3, 0.4) is 0 Å². The van der Waals surface area contributed by atoms with E-state index in [0.29, 0.717) is 30.3 Å². The summed E-state index contributed by atoms with van der Waals surface area (Å²) in [6.45, 7) is 4.70. The summed E-state index contributed by atoms with van der Waals surface area (Å²) in [7, 11) is 0. The lowest BCUT2D eigenvalue weighted by Gasteiger charge is -2.11. The van der Waals surface area contributed by atoms with Crippen LogP contribution in [0, 0.1) is 6.92 Å².